The zero-order valence-corrected chi connectivity index (χ0v) is 17.0. The van der Waals surface area contributed by atoms with Crippen molar-refractivity contribution in [2.45, 2.75) is 63.5 Å². The summed E-state index contributed by atoms with van der Waals surface area (Å²) >= 11 is 0. The minimum Gasteiger partial charge on any atom is -0.342 e. The predicted octanol–water partition coefficient (Wildman–Crippen LogP) is 2.50. The molecule has 0 aromatic heterocycles. The average molecular weight is 396 g/mol. The maximum Gasteiger partial charge on any atom is 0.325 e. The number of piperidine rings is 1. The van der Waals surface area contributed by atoms with Gasteiger partial charge in [0, 0.05) is 25.0 Å². The van der Waals surface area contributed by atoms with Crippen LogP contribution in [0.5, 0.6) is 0 Å². The Morgan fingerprint density at radius 3 is 2.21 bits per heavy atom. The molecular formula is C23H29N3O3. The van der Waals surface area contributed by atoms with Crippen LogP contribution < -0.4 is 5.32 Å². The number of likely N-dealkylation sites (tertiary alicyclic amines) is 1. The van der Waals surface area contributed by atoms with Crippen LogP contribution in [0.15, 0.2) is 24.3 Å². The predicted molar refractivity (Wildman–Crippen MR) is 108 cm³/mol. The number of fused-ring (bicyclic) bond motifs is 1. The van der Waals surface area contributed by atoms with Gasteiger partial charge in [-0.2, -0.15) is 0 Å². The van der Waals surface area contributed by atoms with Gasteiger partial charge in [0.05, 0.1) is 0 Å². The lowest BCUT2D eigenvalue weighted by Crippen LogP contribution is -2.55. The number of rotatable bonds is 3. The highest BCUT2D eigenvalue weighted by atomic mass is 16.2. The quantitative estimate of drug-likeness (QED) is 0.800. The van der Waals surface area contributed by atoms with Crippen molar-refractivity contribution in [2.75, 3.05) is 13.1 Å². The van der Waals surface area contributed by atoms with Crippen LogP contribution in [0.1, 0.15) is 50.2 Å². The molecule has 0 unspecified atom stereocenters. The number of amides is 4. The molecule has 4 aliphatic rings. The van der Waals surface area contributed by atoms with Gasteiger partial charge < -0.3 is 10.2 Å². The number of hydrogen-bond acceptors (Lipinski definition) is 3. The van der Waals surface area contributed by atoms with E-state index in [1.54, 1.807) is 0 Å². The normalized spacial score (nSPS) is 28.4. The van der Waals surface area contributed by atoms with Gasteiger partial charge in [-0.25, -0.2) is 4.79 Å². The number of hydrogen-bond donors (Lipinski definition) is 1. The first-order valence-electron chi connectivity index (χ1n) is 11.0. The summed E-state index contributed by atoms with van der Waals surface area (Å²) in [6.45, 7) is 3.25. The minimum absolute atomic E-state index is 0.0677. The van der Waals surface area contributed by atoms with Gasteiger partial charge in [0.15, 0.2) is 0 Å². The van der Waals surface area contributed by atoms with Crippen molar-refractivity contribution in [1.29, 1.82) is 0 Å². The Kier molecular flexibility index (Phi) is 4.41. The van der Waals surface area contributed by atoms with Crippen LogP contribution in [0.4, 0.5) is 4.79 Å². The summed E-state index contributed by atoms with van der Waals surface area (Å²) in [5.41, 5.74) is 1.60. The molecule has 3 fully saturated rings. The SMILES string of the molecule is C[C@]1(C2CCN(C(=O)C3CCC3)CC2)NC(=O)N(C2Cc3ccccc3C2)C1=O. The number of benzene rings is 1. The molecule has 5 rings (SSSR count). The molecule has 1 aromatic carbocycles. The maximum atomic E-state index is 13.4. The summed E-state index contributed by atoms with van der Waals surface area (Å²) in [7, 11) is 0. The van der Waals surface area contributed by atoms with Crippen LogP contribution >= 0.6 is 0 Å². The standard InChI is InChI=1S/C23H29N3O3/c1-23(18-9-11-25(12-10-18)20(27)15-7-4-8-15)21(28)26(22(29)24-23)19-13-16-5-2-3-6-17(16)14-19/h2-3,5-6,15,18-19H,4,7-14H2,1H3,(H,24,29)/t23-/m1/s1. The molecule has 4 amide bonds. The van der Waals surface area contributed by atoms with E-state index in [1.165, 1.54) is 16.0 Å². The second kappa shape index (κ2) is 6.85. The molecule has 154 valence electrons. The summed E-state index contributed by atoms with van der Waals surface area (Å²) in [5, 5.41) is 3.03. The third kappa shape index (κ3) is 2.95. The van der Waals surface area contributed by atoms with E-state index in [0.717, 1.165) is 44.9 Å². The number of carbonyl (C=O) groups excluding carboxylic acids is 3. The Morgan fingerprint density at radius 2 is 1.66 bits per heavy atom. The van der Waals surface area contributed by atoms with Gasteiger partial charge in [-0.05, 0) is 62.5 Å². The van der Waals surface area contributed by atoms with Crippen LogP contribution in [0.2, 0.25) is 0 Å². The van der Waals surface area contributed by atoms with Crippen molar-refractivity contribution in [3.8, 4) is 0 Å². The molecule has 0 bridgehead atoms. The fraction of sp³-hybridized carbons (Fsp3) is 0.609. The van der Waals surface area contributed by atoms with Gasteiger partial charge in [0.25, 0.3) is 5.91 Å². The van der Waals surface area contributed by atoms with Crippen molar-refractivity contribution in [2.24, 2.45) is 11.8 Å². The van der Waals surface area contributed by atoms with Gasteiger partial charge in [0.2, 0.25) is 5.91 Å². The smallest absolute Gasteiger partial charge is 0.325 e. The first-order chi connectivity index (χ1) is 14.0. The second-order valence-corrected chi connectivity index (χ2v) is 9.37. The highest BCUT2D eigenvalue weighted by molar-refractivity contribution is 6.07. The van der Waals surface area contributed by atoms with E-state index in [1.807, 2.05) is 24.0 Å². The van der Waals surface area contributed by atoms with E-state index in [2.05, 4.69) is 17.4 Å². The number of urea groups is 1. The van der Waals surface area contributed by atoms with Crippen LogP contribution in [0.25, 0.3) is 0 Å². The second-order valence-electron chi connectivity index (χ2n) is 9.37. The lowest BCUT2D eigenvalue weighted by atomic mass is 9.78. The van der Waals surface area contributed by atoms with E-state index >= 15 is 0 Å². The van der Waals surface area contributed by atoms with Crippen LogP contribution in [0, 0.1) is 11.8 Å². The molecule has 0 spiro atoms. The van der Waals surface area contributed by atoms with Crippen molar-refractivity contribution in [1.82, 2.24) is 15.1 Å². The lowest BCUT2D eigenvalue weighted by Gasteiger charge is -2.41. The maximum absolute atomic E-state index is 13.4. The highest BCUT2D eigenvalue weighted by Gasteiger charge is 2.55. The summed E-state index contributed by atoms with van der Waals surface area (Å²) in [6.07, 6.45) is 6.19. The third-order valence-electron chi connectivity index (χ3n) is 7.72. The molecule has 1 saturated carbocycles. The fourth-order valence-electron chi connectivity index (χ4n) is 5.60. The van der Waals surface area contributed by atoms with Gasteiger partial charge >= 0.3 is 6.03 Å². The lowest BCUT2D eigenvalue weighted by molar-refractivity contribution is -0.140. The van der Waals surface area contributed by atoms with Crippen molar-refractivity contribution >= 4 is 17.8 Å². The van der Waals surface area contributed by atoms with E-state index < -0.39 is 5.54 Å². The first-order valence-corrected chi connectivity index (χ1v) is 11.0. The van der Waals surface area contributed by atoms with Gasteiger partial charge in [0.1, 0.15) is 5.54 Å². The minimum atomic E-state index is -0.864. The number of nitrogens with zero attached hydrogens (tertiary/aromatic N) is 2. The van der Waals surface area contributed by atoms with Crippen molar-refractivity contribution in [3.63, 3.8) is 0 Å². The van der Waals surface area contributed by atoms with Crippen molar-refractivity contribution < 1.29 is 14.4 Å². The van der Waals surface area contributed by atoms with Crippen LogP contribution in [-0.4, -0.2) is 52.3 Å². The number of carbonyl (C=O) groups is 3. The molecule has 1 atom stereocenters. The zero-order valence-electron chi connectivity index (χ0n) is 17.0. The Hall–Kier alpha value is -2.37. The van der Waals surface area contributed by atoms with E-state index in [4.69, 9.17) is 0 Å². The average Bonchev–Trinajstić information content (AvgIpc) is 3.19. The molecule has 6 nitrogen and oxygen atoms in total. The molecule has 6 heteroatoms. The van der Waals surface area contributed by atoms with E-state index in [0.29, 0.717) is 13.1 Å². The molecule has 2 heterocycles. The van der Waals surface area contributed by atoms with Gasteiger partial charge in [-0.15, -0.1) is 0 Å². The largest absolute Gasteiger partial charge is 0.342 e. The summed E-state index contributed by atoms with van der Waals surface area (Å²) in [4.78, 5) is 42.2. The highest BCUT2D eigenvalue weighted by Crippen LogP contribution is 2.37. The molecule has 1 aromatic rings. The molecule has 0 radical (unpaired) electrons. The Labute approximate surface area is 171 Å². The third-order valence-corrected chi connectivity index (χ3v) is 7.72. The van der Waals surface area contributed by atoms with E-state index in [-0.39, 0.29) is 35.7 Å². The Bertz CT molecular complexity index is 832. The molecule has 2 saturated heterocycles. The number of nitrogens with one attached hydrogen (secondary N) is 1. The van der Waals surface area contributed by atoms with E-state index in [9.17, 15) is 14.4 Å². The number of imide groups is 1. The summed E-state index contributed by atoms with van der Waals surface area (Å²) in [6, 6.07) is 7.83. The first kappa shape index (κ1) is 18.6. The van der Waals surface area contributed by atoms with Crippen molar-refractivity contribution in [3.05, 3.63) is 35.4 Å². The van der Waals surface area contributed by atoms with Gasteiger partial charge in [-0.3, -0.25) is 14.5 Å². The topological polar surface area (TPSA) is 69.7 Å². The molecule has 2 aliphatic heterocycles. The Balaban J connectivity index is 1.26. The monoisotopic (exact) mass is 395 g/mol. The molecular weight excluding hydrogens is 366 g/mol. The zero-order chi connectivity index (χ0) is 20.2. The fourth-order valence-corrected chi connectivity index (χ4v) is 5.60. The summed E-state index contributed by atoms with van der Waals surface area (Å²) in [5.74, 6) is 0.476. The molecule has 29 heavy (non-hydrogen) atoms. The molecule has 2 aliphatic carbocycles. The molecule has 1 N–H and O–H groups in total. The van der Waals surface area contributed by atoms with Gasteiger partial charge in [-0.1, -0.05) is 30.7 Å². The van der Waals surface area contributed by atoms with Crippen LogP contribution in [0.3, 0.4) is 0 Å². The summed E-state index contributed by atoms with van der Waals surface area (Å²) < 4.78 is 0. The van der Waals surface area contributed by atoms with Crippen LogP contribution in [-0.2, 0) is 22.4 Å². The Morgan fingerprint density at radius 1 is 1.03 bits per heavy atom.